The lowest BCUT2D eigenvalue weighted by Gasteiger charge is -2.15. The Balaban J connectivity index is 2.52. The summed E-state index contributed by atoms with van der Waals surface area (Å²) in [6.45, 7) is 5.07. The van der Waals surface area contributed by atoms with Crippen molar-refractivity contribution in [2.75, 3.05) is 7.11 Å². The molecule has 0 saturated carbocycles. The molecule has 112 valence electrons. The molecule has 0 aliphatic carbocycles. The van der Waals surface area contributed by atoms with Gasteiger partial charge in [0.2, 0.25) is 0 Å². The van der Waals surface area contributed by atoms with E-state index in [9.17, 15) is 9.36 Å². The van der Waals surface area contributed by atoms with Crippen LogP contribution in [-0.2, 0) is 14.1 Å². The van der Waals surface area contributed by atoms with E-state index in [4.69, 9.17) is 14.0 Å². The SMILES string of the molecule is COc1cccc(O[PH](=O)NC(C)C(=O)OC(C)C)c1. The standard InChI is InChI=1S/C13H20NO5P/c1-9(2)18-13(15)10(3)14-20(16)19-12-7-5-6-11(8-12)17-4/h5-10,20H,1-4H3,(H,14,16). The fourth-order valence-electron chi connectivity index (χ4n) is 1.37. The van der Waals surface area contributed by atoms with Gasteiger partial charge in [-0.05, 0) is 32.9 Å². The van der Waals surface area contributed by atoms with E-state index in [-0.39, 0.29) is 6.10 Å². The van der Waals surface area contributed by atoms with E-state index < -0.39 is 20.2 Å². The molecule has 1 N–H and O–H groups in total. The maximum absolute atomic E-state index is 11.8. The number of nitrogens with one attached hydrogen (secondary N) is 1. The van der Waals surface area contributed by atoms with Crippen LogP contribution in [0.4, 0.5) is 0 Å². The van der Waals surface area contributed by atoms with Crippen molar-refractivity contribution in [1.29, 1.82) is 0 Å². The lowest BCUT2D eigenvalue weighted by molar-refractivity contribution is -0.148. The van der Waals surface area contributed by atoms with E-state index in [1.54, 1.807) is 45.0 Å². The van der Waals surface area contributed by atoms with Gasteiger partial charge in [0.15, 0.2) is 0 Å². The quantitative estimate of drug-likeness (QED) is 0.616. The molecule has 2 unspecified atom stereocenters. The van der Waals surface area contributed by atoms with Crippen LogP contribution in [0.3, 0.4) is 0 Å². The van der Waals surface area contributed by atoms with Crippen LogP contribution in [0.5, 0.6) is 11.5 Å². The molecule has 20 heavy (non-hydrogen) atoms. The van der Waals surface area contributed by atoms with Gasteiger partial charge in [0, 0.05) is 6.07 Å². The van der Waals surface area contributed by atoms with E-state index in [0.717, 1.165) is 0 Å². The molecule has 1 aromatic rings. The van der Waals surface area contributed by atoms with Gasteiger partial charge in [-0.3, -0.25) is 9.36 Å². The minimum atomic E-state index is -2.60. The summed E-state index contributed by atoms with van der Waals surface area (Å²) in [6, 6.07) is 6.04. The summed E-state index contributed by atoms with van der Waals surface area (Å²) in [4.78, 5) is 11.6. The lowest BCUT2D eigenvalue weighted by atomic mass is 10.3. The van der Waals surface area contributed by atoms with Crippen molar-refractivity contribution in [3.05, 3.63) is 24.3 Å². The first-order valence-electron chi connectivity index (χ1n) is 6.25. The largest absolute Gasteiger partial charge is 0.497 e. The molecule has 0 amide bonds. The summed E-state index contributed by atoms with van der Waals surface area (Å²) < 4.78 is 27.1. The highest BCUT2D eigenvalue weighted by molar-refractivity contribution is 7.37. The number of carbonyl (C=O) groups excluding carboxylic acids is 1. The van der Waals surface area contributed by atoms with Crippen LogP contribution < -0.4 is 14.3 Å². The van der Waals surface area contributed by atoms with Crippen molar-refractivity contribution in [3.8, 4) is 11.5 Å². The van der Waals surface area contributed by atoms with Gasteiger partial charge >= 0.3 is 14.1 Å². The highest BCUT2D eigenvalue weighted by Crippen LogP contribution is 2.27. The molecule has 0 aliphatic heterocycles. The van der Waals surface area contributed by atoms with Crippen molar-refractivity contribution in [3.63, 3.8) is 0 Å². The van der Waals surface area contributed by atoms with Crippen LogP contribution in [-0.4, -0.2) is 25.2 Å². The summed E-state index contributed by atoms with van der Waals surface area (Å²) in [5, 5.41) is 2.58. The predicted octanol–water partition coefficient (Wildman–Crippen LogP) is 2.39. The fourth-order valence-corrected chi connectivity index (χ4v) is 2.24. The molecule has 0 radical (unpaired) electrons. The number of methoxy groups -OCH3 is 1. The molecule has 0 saturated heterocycles. The zero-order valence-corrected chi connectivity index (χ0v) is 13.0. The third kappa shape index (κ3) is 5.63. The van der Waals surface area contributed by atoms with E-state index >= 15 is 0 Å². The second-order valence-corrected chi connectivity index (χ2v) is 5.49. The number of esters is 1. The van der Waals surface area contributed by atoms with Crippen molar-refractivity contribution in [2.45, 2.75) is 32.9 Å². The Labute approximate surface area is 119 Å². The van der Waals surface area contributed by atoms with Gasteiger partial charge in [0.25, 0.3) is 0 Å². The molecule has 0 bridgehead atoms. The molecule has 1 aromatic carbocycles. The molecule has 7 heteroatoms. The Morgan fingerprint density at radius 3 is 2.50 bits per heavy atom. The molecule has 0 spiro atoms. The Morgan fingerprint density at radius 1 is 1.25 bits per heavy atom. The Bertz CT molecular complexity index is 478. The van der Waals surface area contributed by atoms with Crippen LogP contribution in [0, 0.1) is 0 Å². The zero-order chi connectivity index (χ0) is 15.1. The molecular weight excluding hydrogens is 281 g/mol. The van der Waals surface area contributed by atoms with Gasteiger partial charge < -0.3 is 14.0 Å². The van der Waals surface area contributed by atoms with Gasteiger partial charge in [-0.25, -0.2) is 5.09 Å². The summed E-state index contributed by atoms with van der Waals surface area (Å²) in [5.74, 6) is 0.544. The van der Waals surface area contributed by atoms with E-state index in [2.05, 4.69) is 5.09 Å². The smallest absolute Gasteiger partial charge is 0.323 e. The average molecular weight is 301 g/mol. The summed E-state index contributed by atoms with van der Waals surface area (Å²) in [6.07, 6.45) is -0.214. The van der Waals surface area contributed by atoms with E-state index in [1.807, 2.05) is 0 Å². The first-order valence-corrected chi connectivity index (χ1v) is 7.57. The second kappa shape index (κ2) is 7.92. The molecular formula is C13H20NO5P. The first kappa shape index (κ1) is 16.5. The maximum atomic E-state index is 11.8. The monoisotopic (exact) mass is 301 g/mol. The lowest BCUT2D eigenvalue weighted by Crippen LogP contribution is -2.33. The number of ether oxygens (including phenoxy) is 2. The highest BCUT2D eigenvalue weighted by Gasteiger charge is 2.18. The number of hydrogen-bond acceptors (Lipinski definition) is 5. The van der Waals surface area contributed by atoms with Crippen molar-refractivity contribution < 1.29 is 23.4 Å². The number of carbonyl (C=O) groups is 1. The minimum Gasteiger partial charge on any atom is -0.497 e. The maximum Gasteiger partial charge on any atom is 0.323 e. The van der Waals surface area contributed by atoms with Gasteiger partial charge in [0.1, 0.15) is 17.5 Å². The van der Waals surface area contributed by atoms with Crippen LogP contribution in [0.1, 0.15) is 20.8 Å². The van der Waals surface area contributed by atoms with Crippen molar-refractivity contribution in [2.24, 2.45) is 0 Å². The molecule has 0 aliphatic rings. The van der Waals surface area contributed by atoms with E-state index in [0.29, 0.717) is 11.5 Å². The summed E-state index contributed by atoms with van der Waals surface area (Å²) in [7, 11) is -1.07. The van der Waals surface area contributed by atoms with Gasteiger partial charge in [-0.2, -0.15) is 0 Å². The third-order valence-corrected chi connectivity index (χ3v) is 3.38. The van der Waals surface area contributed by atoms with Crippen molar-refractivity contribution >= 4 is 14.1 Å². The zero-order valence-electron chi connectivity index (χ0n) is 12.0. The molecule has 2 atom stereocenters. The van der Waals surface area contributed by atoms with Gasteiger partial charge in [-0.1, -0.05) is 6.07 Å². The van der Waals surface area contributed by atoms with Gasteiger partial charge in [-0.15, -0.1) is 0 Å². The number of hydrogen-bond donors (Lipinski definition) is 1. The van der Waals surface area contributed by atoms with E-state index in [1.165, 1.54) is 7.11 Å². The topological polar surface area (TPSA) is 73.9 Å². The Morgan fingerprint density at radius 2 is 1.90 bits per heavy atom. The first-order chi connectivity index (χ1) is 9.42. The van der Waals surface area contributed by atoms with Crippen LogP contribution >= 0.6 is 8.18 Å². The molecule has 0 heterocycles. The molecule has 1 rings (SSSR count). The molecule has 0 fully saturated rings. The number of rotatable bonds is 7. The average Bonchev–Trinajstić information content (AvgIpc) is 2.37. The fraction of sp³-hybridized carbons (Fsp3) is 0.462. The minimum absolute atomic E-state index is 0.214. The predicted molar refractivity (Wildman–Crippen MR) is 76.4 cm³/mol. The summed E-state index contributed by atoms with van der Waals surface area (Å²) in [5.41, 5.74) is 0. The molecule has 6 nitrogen and oxygen atoms in total. The number of benzene rings is 1. The third-order valence-electron chi connectivity index (χ3n) is 2.29. The van der Waals surface area contributed by atoms with Crippen LogP contribution in [0.15, 0.2) is 24.3 Å². The normalized spacial score (nSPS) is 13.7. The van der Waals surface area contributed by atoms with Crippen LogP contribution in [0.25, 0.3) is 0 Å². The Hall–Kier alpha value is -1.52. The Kier molecular flexibility index (Phi) is 6.55. The second-order valence-electron chi connectivity index (χ2n) is 4.42. The summed E-state index contributed by atoms with van der Waals surface area (Å²) >= 11 is 0. The molecule has 0 aromatic heterocycles. The van der Waals surface area contributed by atoms with Crippen LogP contribution in [0.2, 0.25) is 0 Å². The van der Waals surface area contributed by atoms with Gasteiger partial charge in [0.05, 0.1) is 13.2 Å². The highest BCUT2D eigenvalue weighted by atomic mass is 31.1. The van der Waals surface area contributed by atoms with Crippen molar-refractivity contribution in [1.82, 2.24) is 5.09 Å².